The van der Waals surface area contributed by atoms with Crippen LogP contribution < -0.4 is 10.1 Å². The summed E-state index contributed by atoms with van der Waals surface area (Å²) in [7, 11) is 0. The number of ether oxygens (including phenoxy) is 1. The van der Waals surface area contributed by atoms with E-state index in [1.807, 2.05) is 38.1 Å². The second-order valence-corrected chi connectivity index (χ2v) is 5.32. The first-order chi connectivity index (χ1) is 9.19. The average molecular weight is 261 g/mol. The molecule has 1 aliphatic rings. The third-order valence-electron chi connectivity index (χ3n) is 3.63. The Morgan fingerprint density at radius 3 is 2.79 bits per heavy atom. The van der Waals surface area contributed by atoms with Gasteiger partial charge in [0.1, 0.15) is 5.75 Å². The molecule has 1 amide bonds. The second kappa shape index (κ2) is 6.60. The van der Waals surface area contributed by atoms with Gasteiger partial charge in [0.2, 0.25) is 0 Å². The summed E-state index contributed by atoms with van der Waals surface area (Å²) < 4.78 is 5.80. The Labute approximate surface area is 115 Å². The predicted molar refractivity (Wildman–Crippen MR) is 76.3 cm³/mol. The largest absolute Gasteiger partial charge is 0.481 e. The minimum Gasteiger partial charge on any atom is -0.481 e. The van der Waals surface area contributed by atoms with Crippen LogP contribution in [0.2, 0.25) is 0 Å². The maximum atomic E-state index is 12.2. The zero-order valence-electron chi connectivity index (χ0n) is 11.8. The lowest BCUT2D eigenvalue weighted by atomic mass is 10.2. The van der Waals surface area contributed by atoms with Gasteiger partial charge in [-0.3, -0.25) is 4.79 Å². The molecule has 1 atom stereocenters. The molecule has 0 radical (unpaired) electrons. The third-order valence-corrected chi connectivity index (χ3v) is 3.63. The van der Waals surface area contributed by atoms with Crippen molar-refractivity contribution in [3.05, 3.63) is 29.8 Å². The smallest absolute Gasteiger partial charge is 0.261 e. The van der Waals surface area contributed by atoms with E-state index >= 15 is 0 Å². The molecule has 0 heterocycles. The van der Waals surface area contributed by atoms with Crippen molar-refractivity contribution < 1.29 is 9.53 Å². The molecule has 3 nitrogen and oxygen atoms in total. The van der Waals surface area contributed by atoms with Gasteiger partial charge in [-0.2, -0.15) is 0 Å². The van der Waals surface area contributed by atoms with Gasteiger partial charge in [-0.1, -0.05) is 31.9 Å². The van der Waals surface area contributed by atoms with Gasteiger partial charge in [0.25, 0.3) is 5.91 Å². The Kier molecular flexibility index (Phi) is 4.83. The van der Waals surface area contributed by atoms with Crippen molar-refractivity contribution in [2.75, 3.05) is 0 Å². The van der Waals surface area contributed by atoms with Crippen molar-refractivity contribution in [1.29, 1.82) is 0 Å². The van der Waals surface area contributed by atoms with Crippen molar-refractivity contribution in [2.45, 2.75) is 58.1 Å². The SMILES string of the molecule is CC[C@@H](Oc1cccc(C)c1)C(=O)NC1CCCC1. The Bertz CT molecular complexity index is 425. The number of benzene rings is 1. The number of carbonyl (C=O) groups excluding carboxylic acids is 1. The monoisotopic (exact) mass is 261 g/mol. The van der Waals surface area contributed by atoms with Crippen molar-refractivity contribution in [1.82, 2.24) is 5.32 Å². The van der Waals surface area contributed by atoms with Gasteiger partial charge < -0.3 is 10.1 Å². The summed E-state index contributed by atoms with van der Waals surface area (Å²) in [6.07, 6.45) is 4.95. The van der Waals surface area contributed by atoms with E-state index < -0.39 is 0 Å². The quantitative estimate of drug-likeness (QED) is 0.884. The Hall–Kier alpha value is -1.51. The molecule has 1 fully saturated rings. The first-order valence-electron chi connectivity index (χ1n) is 7.22. The van der Waals surface area contributed by atoms with Crippen LogP contribution in [0.1, 0.15) is 44.6 Å². The normalized spacial score (nSPS) is 17.2. The number of rotatable bonds is 5. The van der Waals surface area contributed by atoms with E-state index in [9.17, 15) is 4.79 Å². The van der Waals surface area contributed by atoms with E-state index in [2.05, 4.69) is 5.32 Å². The van der Waals surface area contributed by atoms with Crippen molar-refractivity contribution in [2.24, 2.45) is 0 Å². The highest BCUT2D eigenvalue weighted by molar-refractivity contribution is 5.81. The van der Waals surface area contributed by atoms with Gasteiger partial charge in [-0.05, 0) is 43.9 Å². The molecule has 104 valence electrons. The van der Waals surface area contributed by atoms with Gasteiger partial charge >= 0.3 is 0 Å². The van der Waals surface area contributed by atoms with Crippen molar-refractivity contribution in [3.8, 4) is 5.75 Å². The maximum Gasteiger partial charge on any atom is 0.261 e. The summed E-state index contributed by atoms with van der Waals surface area (Å²) in [5.41, 5.74) is 1.14. The average Bonchev–Trinajstić information content (AvgIpc) is 2.88. The van der Waals surface area contributed by atoms with Gasteiger partial charge in [-0.15, -0.1) is 0 Å². The number of amides is 1. The van der Waals surface area contributed by atoms with Crippen LogP contribution in [0.25, 0.3) is 0 Å². The molecule has 1 aromatic carbocycles. The highest BCUT2D eigenvalue weighted by Crippen LogP contribution is 2.19. The molecular formula is C16H23NO2. The molecule has 0 spiro atoms. The lowest BCUT2D eigenvalue weighted by molar-refractivity contribution is -0.128. The van der Waals surface area contributed by atoms with E-state index in [0.717, 1.165) is 24.2 Å². The number of hydrogen-bond acceptors (Lipinski definition) is 2. The summed E-state index contributed by atoms with van der Waals surface area (Å²) in [6, 6.07) is 8.19. The van der Waals surface area contributed by atoms with Gasteiger partial charge in [-0.25, -0.2) is 0 Å². The van der Waals surface area contributed by atoms with Gasteiger partial charge in [0, 0.05) is 6.04 Å². The molecule has 1 aromatic rings. The third kappa shape index (κ3) is 3.98. The summed E-state index contributed by atoms with van der Waals surface area (Å²) in [5, 5.41) is 3.10. The first-order valence-corrected chi connectivity index (χ1v) is 7.22. The summed E-state index contributed by atoms with van der Waals surface area (Å²) >= 11 is 0. The van der Waals surface area contributed by atoms with E-state index in [1.165, 1.54) is 12.8 Å². The van der Waals surface area contributed by atoms with E-state index in [0.29, 0.717) is 12.5 Å². The zero-order valence-corrected chi connectivity index (χ0v) is 11.8. The van der Waals surface area contributed by atoms with Crippen LogP contribution in [0, 0.1) is 6.92 Å². The highest BCUT2D eigenvalue weighted by atomic mass is 16.5. The standard InChI is InChI=1S/C16H23NO2/c1-3-15(16(18)17-13-8-4-5-9-13)19-14-10-6-7-12(2)11-14/h6-7,10-11,13,15H,3-5,8-9H2,1-2H3,(H,17,18)/t15-/m1/s1. The molecule has 2 rings (SSSR count). The topological polar surface area (TPSA) is 38.3 Å². The van der Waals surface area contributed by atoms with Gasteiger partial charge in [0.15, 0.2) is 6.10 Å². The minimum absolute atomic E-state index is 0.0240. The number of nitrogens with one attached hydrogen (secondary N) is 1. The molecular weight excluding hydrogens is 238 g/mol. The van der Waals surface area contributed by atoms with Crippen LogP contribution in [-0.4, -0.2) is 18.1 Å². The molecule has 1 saturated carbocycles. The van der Waals surface area contributed by atoms with Gasteiger partial charge in [0.05, 0.1) is 0 Å². The lowest BCUT2D eigenvalue weighted by Crippen LogP contribution is -2.42. The van der Waals surface area contributed by atoms with Crippen molar-refractivity contribution in [3.63, 3.8) is 0 Å². The van der Waals surface area contributed by atoms with E-state index in [4.69, 9.17) is 4.74 Å². The number of aryl methyl sites for hydroxylation is 1. The molecule has 0 aromatic heterocycles. The summed E-state index contributed by atoms with van der Waals surface area (Å²) in [4.78, 5) is 12.2. The maximum absolute atomic E-state index is 12.2. The second-order valence-electron chi connectivity index (χ2n) is 5.32. The molecule has 1 aliphatic carbocycles. The van der Waals surface area contributed by atoms with Crippen LogP contribution in [0.4, 0.5) is 0 Å². The molecule has 3 heteroatoms. The van der Waals surface area contributed by atoms with Crippen LogP contribution >= 0.6 is 0 Å². The number of hydrogen-bond donors (Lipinski definition) is 1. The molecule has 0 unspecified atom stereocenters. The van der Waals surface area contributed by atoms with Crippen LogP contribution in [0.15, 0.2) is 24.3 Å². The molecule has 1 N–H and O–H groups in total. The predicted octanol–water partition coefficient (Wildman–Crippen LogP) is 3.21. The molecule has 19 heavy (non-hydrogen) atoms. The fourth-order valence-electron chi connectivity index (χ4n) is 2.54. The van der Waals surface area contributed by atoms with E-state index in [-0.39, 0.29) is 12.0 Å². The Morgan fingerprint density at radius 1 is 1.42 bits per heavy atom. The fraction of sp³-hybridized carbons (Fsp3) is 0.562. The fourth-order valence-corrected chi connectivity index (χ4v) is 2.54. The summed E-state index contributed by atoms with van der Waals surface area (Å²) in [6.45, 7) is 4.00. The van der Waals surface area contributed by atoms with Crippen LogP contribution in [0.5, 0.6) is 5.75 Å². The van der Waals surface area contributed by atoms with Crippen LogP contribution in [0.3, 0.4) is 0 Å². The highest BCUT2D eigenvalue weighted by Gasteiger charge is 2.23. The Morgan fingerprint density at radius 2 is 2.16 bits per heavy atom. The molecule has 0 aliphatic heterocycles. The first kappa shape index (κ1) is 13.9. The Balaban J connectivity index is 1.93. The summed E-state index contributed by atoms with van der Waals surface area (Å²) in [5.74, 6) is 0.796. The van der Waals surface area contributed by atoms with Crippen LogP contribution in [-0.2, 0) is 4.79 Å². The van der Waals surface area contributed by atoms with E-state index in [1.54, 1.807) is 0 Å². The number of carbonyl (C=O) groups is 1. The molecule has 0 saturated heterocycles. The minimum atomic E-state index is -0.387. The zero-order chi connectivity index (χ0) is 13.7. The van der Waals surface area contributed by atoms with Crippen molar-refractivity contribution >= 4 is 5.91 Å². The lowest BCUT2D eigenvalue weighted by Gasteiger charge is -2.20. The molecule has 0 bridgehead atoms.